The zero-order chi connectivity index (χ0) is 23.4. The molecule has 0 spiro atoms. The molecule has 3 heterocycles. The van der Waals surface area contributed by atoms with Gasteiger partial charge in [0, 0.05) is 12.4 Å². The number of nitrogens with two attached hydrogens (primary N) is 1. The van der Waals surface area contributed by atoms with E-state index in [9.17, 15) is 13.2 Å². The summed E-state index contributed by atoms with van der Waals surface area (Å²) in [5, 5.41) is 0. The molecule has 0 fully saturated rings. The number of nitrogens with one attached hydrogen (secondary N) is 1. The van der Waals surface area contributed by atoms with Gasteiger partial charge in [-0.25, -0.2) is 28.1 Å². The highest BCUT2D eigenvalue weighted by Gasteiger charge is 2.14. The van der Waals surface area contributed by atoms with Crippen LogP contribution in [0.5, 0.6) is 0 Å². The molecule has 0 aromatic carbocycles. The van der Waals surface area contributed by atoms with Crippen LogP contribution in [-0.4, -0.2) is 33.4 Å². The number of aliphatic imine (C=N–C) groups is 2. The van der Waals surface area contributed by atoms with Gasteiger partial charge in [0.15, 0.2) is 17.5 Å². The Morgan fingerprint density at radius 1 is 1.19 bits per heavy atom. The molecule has 0 unspecified atom stereocenters. The van der Waals surface area contributed by atoms with E-state index in [1.165, 1.54) is 30.5 Å². The maximum Gasteiger partial charge on any atom is 0.280 e. The van der Waals surface area contributed by atoms with Crippen LogP contribution in [0, 0.1) is 12.7 Å². The van der Waals surface area contributed by atoms with Crippen molar-refractivity contribution in [2.45, 2.75) is 27.2 Å². The van der Waals surface area contributed by atoms with Crippen molar-refractivity contribution in [2.75, 3.05) is 0 Å². The first-order chi connectivity index (χ1) is 15.0. The summed E-state index contributed by atoms with van der Waals surface area (Å²) in [7, 11) is 0. The van der Waals surface area contributed by atoms with Crippen LogP contribution < -0.4 is 5.73 Å². The van der Waals surface area contributed by atoms with E-state index in [1.54, 1.807) is 12.3 Å². The zero-order valence-electron chi connectivity index (χ0n) is 17.3. The summed E-state index contributed by atoms with van der Waals surface area (Å²) >= 11 is 0. The number of hydrogen-bond donors (Lipinski definition) is 2. The van der Waals surface area contributed by atoms with Crippen LogP contribution in [0.4, 0.5) is 18.9 Å². The molecular weight excluding hydrogens is 409 g/mol. The van der Waals surface area contributed by atoms with Crippen molar-refractivity contribution in [3.05, 3.63) is 77.4 Å². The maximum absolute atomic E-state index is 13.9. The molecule has 0 aliphatic rings. The lowest BCUT2D eigenvalue weighted by molar-refractivity contribution is -0.0980. The first kappa shape index (κ1) is 25.2. The third kappa shape index (κ3) is 6.88. The summed E-state index contributed by atoms with van der Waals surface area (Å²) < 4.78 is 39.7. The number of aryl methyl sites for hydroxylation is 1. The number of aromatic nitrogens is 3. The topological polar surface area (TPSA) is 109 Å². The van der Waals surface area contributed by atoms with Gasteiger partial charge in [0.25, 0.3) is 6.43 Å². The molecule has 7 nitrogen and oxygen atoms in total. The van der Waals surface area contributed by atoms with E-state index in [4.69, 9.17) is 10.5 Å². The summed E-state index contributed by atoms with van der Waals surface area (Å²) in [5.74, 6) is -0.671. The molecule has 0 bridgehead atoms. The number of nitrogens with zero attached hydrogens (tertiary/aromatic N) is 4. The van der Waals surface area contributed by atoms with E-state index in [0.29, 0.717) is 5.69 Å². The molecule has 0 aliphatic carbocycles. The quantitative estimate of drug-likeness (QED) is 0.467. The molecule has 31 heavy (non-hydrogen) atoms. The lowest BCUT2D eigenvalue weighted by Crippen LogP contribution is -2.19. The smallest absolute Gasteiger partial charge is 0.280 e. The summed E-state index contributed by atoms with van der Waals surface area (Å²) in [4.78, 5) is 26.8. The average Bonchev–Trinajstić information content (AvgIpc) is 3.23. The molecule has 0 saturated carbocycles. The Kier molecular flexibility index (Phi) is 10.3. The van der Waals surface area contributed by atoms with Crippen LogP contribution in [0.15, 0.2) is 58.9 Å². The van der Waals surface area contributed by atoms with E-state index in [0.717, 1.165) is 11.8 Å². The molecule has 0 saturated heterocycles. The van der Waals surface area contributed by atoms with E-state index in [-0.39, 0.29) is 23.1 Å². The van der Waals surface area contributed by atoms with E-state index < -0.39 is 17.9 Å². The highest BCUT2D eigenvalue weighted by molar-refractivity contribution is 6.10. The van der Waals surface area contributed by atoms with Gasteiger partial charge in [-0.1, -0.05) is 19.9 Å². The number of hydrogen-bond acceptors (Lipinski definition) is 4. The molecule has 10 heteroatoms. The number of halogens is 3. The largest absolute Gasteiger partial charge is 0.382 e. The van der Waals surface area contributed by atoms with Gasteiger partial charge in [-0.05, 0) is 36.8 Å². The van der Waals surface area contributed by atoms with Gasteiger partial charge in [0.2, 0.25) is 0 Å². The summed E-state index contributed by atoms with van der Waals surface area (Å²) in [6, 6.07) is 7.23. The fourth-order valence-corrected chi connectivity index (χ4v) is 2.28. The standard InChI is InChI=1S/C18H15F3N6.C2H6.CH2O/c1-10-5-8-24-15(10)18(26-12-6-7-23-9-11(12)19)27-17(22)14-4-2-3-13(25-14)16(20)21;2*1-2/h2-9,16,24H,1H3,(H2,22,23,26,27);1-2H3;1H2. The molecule has 164 valence electrons. The number of pyridine rings is 2. The SMILES string of the molecule is C=O.CC.Cc1cc[nH]c1C(N=C(N)c1cccc(C(F)F)n1)=Nc1ccncc1F. The van der Waals surface area contributed by atoms with Crippen LogP contribution in [-0.2, 0) is 4.79 Å². The molecule has 3 aromatic heterocycles. The first-order valence-electron chi connectivity index (χ1n) is 9.16. The highest BCUT2D eigenvalue weighted by Crippen LogP contribution is 2.19. The number of alkyl halides is 2. The minimum absolute atomic E-state index is 0.0137. The summed E-state index contributed by atoms with van der Waals surface area (Å²) in [6.45, 7) is 7.81. The lowest BCUT2D eigenvalue weighted by atomic mass is 10.2. The fraction of sp³-hybridized carbons (Fsp3) is 0.190. The van der Waals surface area contributed by atoms with Gasteiger partial charge in [-0.15, -0.1) is 0 Å². The summed E-state index contributed by atoms with van der Waals surface area (Å²) in [5.41, 5.74) is 6.93. The number of amidine groups is 2. The van der Waals surface area contributed by atoms with Crippen LogP contribution in [0.1, 0.15) is 42.9 Å². The van der Waals surface area contributed by atoms with Gasteiger partial charge in [-0.2, -0.15) is 0 Å². The Labute approximate surface area is 178 Å². The maximum atomic E-state index is 13.9. The van der Waals surface area contributed by atoms with Crippen molar-refractivity contribution in [2.24, 2.45) is 15.7 Å². The third-order valence-corrected chi connectivity index (χ3v) is 3.64. The van der Waals surface area contributed by atoms with Gasteiger partial charge in [-0.3, -0.25) is 4.98 Å². The van der Waals surface area contributed by atoms with Crippen molar-refractivity contribution in [3.63, 3.8) is 0 Å². The third-order valence-electron chi connectivity index (χ3n) is 3.64. The Morgan fingerprint density at radius 3 is 2.48 bits per heavy atom. The van der Waals surface area contributed by atoms with Crippen molar-refractivity contribution in [1.29, 1.82) is 0 Å². The molecule has 0 radical (unpaired) electrons. The monoisotopic (exact) mass is 432 g/mol. The minimum atomic E-state index is -2.73. The van der Waals surface area contributed by atoms with Crippen molar-refractivity contribution in [3.8, 4) is 0 Å². The number of H-pyrrole nitrogens is 1. The molecule has 0 atom stereocenters. The van der Waals surface area contributed by atoms with Crippen LogP contribution in [0.25, 0.3) is 0 Å². The number of carbonyl (C=O) groups is 1. The van der Waals surface area contributed by atoms with Crippen molar-refractivity contribution in [1.82, 2.24) is 15.0 Å². The number of rotatable bonds is 4. The molecule has 3 aromatic rings. The average molecular weight is 432 g/mol. The number of carbonyl (C=O) groups excluding carboxylic acids is 1. The van der Waals surface area contributed by atoms with Gasteiger partial charge in [0.05, 0.1) is 11.9 Å². The number of aromatic amines is 1. The molecular formula is C21H23F3N6O. The normalized spacial score (nSPS) is 11.3. The Bertz CT molecular complexity index is 1030. The van der Waals surface area contributed by atoms with Gasteiger partial charge in [0.1, 0.15) is 23.9 Å². The van der Waals surface area contributed by atoms with Crippen molar-refractivity contribution >= 4 is 24.1 Å². The molecule has 3 rings (SSSR count). The van der Waals surface area contributed by atoms with E-state index >= 15 is 0 Å². The van der Waals surface area contributed by atoms with Crippen LogP contribution >= 0.6 is 0 Å². The fourth-order valence-electron chi connectivity index (χ4n) is 2.28. The van der Waals surface area contributed by atoms with E-state index in [1.807, 2.05) is 27.6 Å². The van der Waals surface area contributed by atoms with Crippen molar-refractivity contribution < 1.29 is 18.0 Å². The summed E-state index contributed by atoms with van der Waals surface area (Å²) in [6.07, 6.45) is 1.35. The first-order valence-corrected chi connectivity index (χ1v) is 9.16. The second kappa shape index (κ2) is 12.7. The second-order valence-electron chi connectivity index (χ2n) is 5.54. The van der Waals surface area contributed by atoms with Gasteiger partial charge >= 0.3 is 0 Å². The Hall–Kier alpha value is -3.82. The predicted octanol–water partition coefficient (Wildman–Crippen LogP) is 4.51. The minimum Gasteiger partial charge on any atom is -0.382 e. The Balaban J connectivity index is 0.00000113. The molecule has 0 aliphatic heterocycles. The van der Waals surface area contributed by atoms with Crippen LogP contribution in [0.3, 0.4) is 0 Å². The van der Waals surface area contributed by atoms with Gasteiger partial charge < -0.3 is 15.5 Å². The highest BCUT2D eigenvalue weighted by atomic mass is 19.3. The second-order valence-corrected chi connectivity index (χ2v) is 5.54. The predicted molar refractivity (Wildman–Crippen MR) is 114 cm³/mol. The molecule has 3 N–H and O–H groups in total. The van der Waals surface area contributed by atoms with Crippen LogP contribution in [0.2, 0.25) is 0 Å². The zero-order valence-corrected chi connectivity index (χ0v) is 17.3. The Morgan fingerprint density at radius 2 is 1.90 bits per heavy atom. The lowest BCUT2D eigenvalue weighted by Gasteiger charge is -2.06. The van der Waals surface area contributed by atoms with E-state index in [2.05, 4.69) is 24.9 Å². The molecule has 0 amide bonds.